The number of methoxy groups -OCH3 is 5. The van der Waals surface area contributed by atoms with Crippen molar-refractivity contribution in [3.05, 3.63) is 41.5 Å². The van der Waals surface area contributed by atoms with Crippen molar-refractivity contribution in [2.24, 2.45) is 0 Å². The number of carbonyl (C=O) groups is 1. The second kappa shape index (κ2) is 14.3. The minimum atomic E-state index is -0.418. The van der Waals surface area contributed by atoms with Crippen LogP contribution in [0.4, 0.5) is 0 Å². The Hall–Kier alpha value is -3.13. The molecule has 8 nitrogen and oxygen atoms in total. The molecule has 194 valence electrons. The number of esters is 1. The lowest BCUT2D eigenvalue weighted by Crippen LogP contribution is -2.35. The van der Waals surface area contributed by atoms with Gasteiger partial charge < -0.3 is 33.3 Å². The third kappa shape index (κ3) is 7.68. The number of benzene rings is 2. The molecule has 0 N–H and O–H groups in total. The molecule has 1 atom stereocenters. The summed E-state index contributed by atoms with van der Waals surface area (Å²) in [6.07, 6.45) is 2.60. The van der Waals surface area contributed by atoms with Gasteiger partial charge in [0.2, 0.25) is 5.75 Å². The monoisotopic (exact) mass is 489 g/mol. The normalized spacial score (nSPS) is 11.7. The summed E-state index contributed by atoms with van der Waals surface area (Å²) in [5.74, 6) is 2.33. The van der Waals surface area contributed by atoms with Crippen LogP contribution in [0.1, 0.15) is 42.6 Å². The fraction of sp³-hybridized carbons (Fsp3) is 0.519. The van der Waals surface area contributed by atoms with Crippen LogP contribution in [0.5, 0.6) is 28.7 Å². The van der Waals surface area contributed by atoms with E-state index in [4.69, 9.17) is 28.4 Å². The highest BCUT2D eigenvalue weighted by Gasteiger charge is 2.18. The number of rotatable bonds is 15. The quantitative estimate of drug-likeness (QED) is 0.265. The molecule has 0 fully saturated rings. The molecule has 0 bridgehead atoms. The van der Waals surface area contributed by atoms with Crippen LogP contribution in [0.3, 0.4) is 0 Å². The Morgan fingerprint density at radius 3 is 2.00 bits per heavy atom. The van der Waals surface area contributed by atoms with Gasteiger partial charge in [-0.3, -0.25) is 0 Å². The predicted octanol–water partition coefficient (Wildman–Crippen LogP) is 4.62. The molecule has 0 aliphatic rings. The largest absolute Gasteiger partial charge is 0.493 e. The number of hydrogen-bond donors (Lipinski definition) is 0. The summed E-state index contributed by atoms with van der Waals surface area (Å²) in [4.78, 5) is 15.0. The maximum absolute atomic E-state index is 12.5. The van der Waals surface area contributed by atoms with E-state index in [9.17, 15) is 4.79 Å². The van der Waals surface area contributed by atoms with E-state index < -0.39 is 5.97 Å². The first-order chi connectivity index (χ1) is 16.9. The Morgan fingerprint density at radius 1 is 0.829 bits per heavy atom. The Labute approximate surface area is 209 Å². The van der Waals surface area contributed by atoms with Crippen LogP contribution < -0.4 is 23.7 Å². The third-order valence-electron chi connectivity index (χ3n) is 5.98. The Bertz CT molecular complexity index is 922. The van der Waals surface area contributed by atoms with Gasteiger partial charge >= 0.3 is 5.97 Å². The Balaban J connectivity index is 1.84. The van der Waals surface area contributed by atoms with Crippen LogP contribution in [-0.2, 0) is 11.2 Å². The van der Waals surface area contributed by atoms with Crippen LogP contribution in [0.2, 0.25) is 0 Å². The molecular formula is C27H39NO7. The first-order valence-corrected chi connectivity index (χ1v) is 11.8. The number of nitrogens with zero attached hydrogens (tertiary/aromatic N) is 1. The van der Waals surface area contributed by atoms with Crippen molar-refractivity contribution in [1.82, 2.24) is 4.90 Å². The van der Waals surface area contributed by atoms with Gasteiger partial charge in [0.05, 0.1) is 47.7 Å². The van der Waals surface area contributed by atoms with Crippen molar-refractivity contribution < 1.29 is 33.2 Å². The second-order valence-electron chi connectivity index (χ2n) is 8.13. The summed E-state index contributed by atoms with van der Waals surface area (Å²) in [5, 5.41) is 0. The molecule has 0 amide bonds. The highest BCUT2D eigenvalue weighted by atomic mass is 16.5. The number of hydrogen-bond acceptors (Lipinski definition) is 8. The zero-order valence-electron chi connectivity index (χ0n) is 22.0. The number of unbranched alkanes of at least 4 members (excludes halogenated alkanes) is 1. The average Bonchev–Trinajstić information content (AvgIpc) is 2.89. The van der Waals surface area contributed by atoms with Crippen LogP contribution in [0.25, 0.3) is 0 Å². The molecule has 0 saturated heterocycles. The van der Waals surface area contributed by atoms with E-state index in [0.29, 0.717) is 35.5 Å². The summed E-state index contributed by atoms with van der Waals surface area (Å²) in [6.45, 7) is 6.60. The van der Waals surface area contributed by atoms with Crippen LogP contribution in [0, 0.1) is 0 Å². The van der Waals surface area contributed by atoms with Crippen molar-refractivity contribution in [1.29, 1.82) is 0 Å². The van der Waals surface area contributed by atoms with Crippen molar-refractivity contribution >= 4 is 5.97 Å². The lowest BCUT2D eigenvalue weighted by molar-refractivity contribution is 0.0492. The molecule has 0 aliphatic carbocycles. The van der Waals surface area contributed by atoms with E-state index in [2.05, 4.69) is 24.8 Å². The minimum Gasteiger partial charge on any atom is -0.493 e. The van der Waals surface area contributed by atoms with E-state index in [1.807, 2.05) is 12.1 Å². The highest BCUT2D eigenvalue weighted by Crippen LogP contribution is 2.38. The number of carbonyl (C=O) groups excluding carboxylic acids is 1. The molecule has 0 aromatic heterocycles. The van der Waals surface area contributed by atoms with E-state index in [-0.39, 0.29) is 0 Å². The van der Waals surface area contributed by atoms with Crippen molar-refractivity contribution in [3.63, 3.8) is 0 Å². The maximum atomic E-state index is 12.5. The zero-order chi connectivity index (χ0) is 25.8. The van der Waals surface area contributed by atoms with E-state index in [1.165, 1.54) is 26.9 Å². The molecule has 0 heterocycles. The highest BCUT2D eigenvalue weighted by molar-refractivity contribution is 5.91. The molecule has 2 aromatic carbocycles. The van der Waals surface area contributed by atoms with Crippen LogP contribution in [-0.4, -0.2) is 72.2 Å². The second-order valence-corrected chi connectivity index (χ2v) is 8.13. The van der Waals surface area contributed by atoms with Crippen molar-refractivity contribution in [2.75, 3.05) is 55.2 Å². The Morgan fingerprint density at radius 2 is 1.46 bits per heavy atom. The molecule has 0 aliphatic heterocycles. The fourth-order valence-corrected chi connectivity index (χ4v) is 4.03. The van der Waals surface area contributed by atoms with Gasteiger partial charge in [0, 0.05) is 6.04 Å². The van der Waals surface area contributed by atoms with Gasteiger partial charge in [-0.1, -0.05) is 13.0 Å². The van der Waals surface area contributed by atoms with Crippen LogP contribution >= 0.6 is 0 Å². The lowest BCUT2D eigenvalue weighted by atomic mass is 10.0. The molecule has 8 heteroatoms. The first kappa shape index (κ1) is 28.1. The first-order valence-electron chi connectivity index (χ1n) is 11.8. The minimum absolute atomic E-state index is 0.344. The number of ether oxygens (including phenoxy) is 6. The molecule has 2 rings (SSSR count). The molecule has 0 saturated carbocycles. The fourth-order valence-electron chi connectivity index (χ4n) is 4.03. The van der Waals surface area contributed by atoms with E-state index in [1.54, 1.807) is 26.4 Å². The number of likely N-dealkylation sites (N-methyl/N-ethyl adjacent to an activating group) is 1. The van der Waals surface area contributed by atoms with E-state index >= 15 is 0 Å². The summed E-state index contributed by atoms with van der Waals surface area (Å²) in [5.41, 5.74) is 1.56. The van der Waals surface area contributed by atoms with Crippen LogP contribution in [0.15, 0.2) is 30.3 Å². The van der Waals surface area contributed by atoms with Crippen molar-refractivity contribution in [2.45, 2.75) is 39.2 Å². The Kier molecular flexibility index (Phi) is 11.5. The third-order valence-corrected chi connectivity index (χ3v) is 5.98. The summed E-state index contributed by atoms with van der Waals surface area (Å²) in [7, 11) is 7.83. The topological polar surface area (TPSA) is 75.7 Å². The van der Waals surface area contributed by atoms with Gasteiger partial charge in [-0.15, -0.1) is 0 Å². The standard InChI is InChI=1S/C27H39NO7/c1-8-28(19(2)15-20-11-12-22(30-3)23(16-20)31-4)13-9-10-14-35-27(29)21-17-24(32-5)26(34-7)25(18-21)33-6/h11-12,16-19H,8-10,13-15H2,1-7H3. The molecule has 1 unspecified atom stereocenters. The molecule has 0 spiro atoms. The van der Waals surface area contributed by atoms with Gasteiger partial charge in [0.25, 0.3) is 0 Å². The molecule has 0 radical (unpaired) electrons. The van der Waals surface area contributed by atoms with Gasteiger partial charge in [-0.2, -0.15) is 0 Å². The maximum Gasteiger partial charge on any atom is 0.338 e. The van der Waals surface area contributed by atoms with E-state index in [0.717, 1.165) is 43.9 Å². The van der Waals surface area contributed by atoms with Gasteiger partial charge in [-0.05, 0) is 69.1 Å². The molecule has 35 heavy (non-hydrogen) atoms. The van der Waals surface area contributed by atoms with Gasteiger partial charge in [-0.25, -0.2) is 4.79 Å². The van der Waals surface area contributed by atoms with Crippen molar-refractivity contribution in [3.8, 4) is 28.7 Å². The smallest absolute Gasteiger partial charge is 0.338 e. The summed E-state index contributed by atoms with van der Waals surface area (Å²) >= 11 is 0. The van der Waals surface area contributed by atoms with Gasteiger partial charge in [0.15, 0.2) is 23.0 Å². The molecular weight excluding hydrogens is 450 g/mol. The predicted molar refractivity (Wildman–Crippen MR) is 136 cm³/mol. The van der Waals surface area contributed by atoms with Gasteiger partial charge in [0.1, 0.15) is 0 Å². The SMILES string of the molecule is CCN(CCCCOC(=O)c1cc(OC)c(OC)c(OC)c1)C(C)Cc1ccc(OC)c(OC)c1. The zero-order valence-corrected chi connectivity index (χ0v) is 22.0. The summed E-state index contributed by atoms with van der Waals surface area (Å²) in [6, 6.07) is 9.61. The summed E-state index contributed by atoms with van der Waals surface area (Å²) < 4.78 is 32.2. The molecule has 2 aromatic rings. The lowest BCUT2D eigenvalue weighted by Gasteiger charge is -2.28. The average molecular weight is 490 g/mol.